The summed E-state index contributed by atoms with van der Waals surface area (Å²) in [5.41, 5.74) is 1.35. The number of aryl methyl sites for hydroxylation is 1. The molecule has 0 unspecified atom stereocenters. The quantitative estimate of drug-likeness (QED) is 0.876. The summed E-state index contributed by atoms with van der Waals surface area (Å²) in [7, 11) is 1.83. The molecule has 0 fully saturated rings. The number of nitrogens with one attached hydrogen (secondary N) is 2. The summed E-state index contributed by atoms with van der Waals surface area (Å²) in [6, 6.07) is 1.85. The van der Waals surface area contributed by atoms with E-state index in [-0.39, 0.29) is 5.91 Å². The first kappa shape index (κ1) is 10.9. The Hall–Kier alpha value is -1.63. The summed E-state index contributed by atoms with van der Waals surface area (Å²) >= 11 is 3.23. The van der Waals surface area contributed by atoms with Gasteiger partial charge in [-0.25, -0.2) is 0 Å². The van der Waals surface area contributed by atoms with E-state index in [1.165, 1.54) is 0 Å². The molecule has 0 radical (unpaired) electrons. The molecular formula is C9H10BrN5O. The third-order valence-electron chi connectivity index (χ3n) is 2.17. The maximum atomic E-state index is 11.7. The minimum atomic E-state index is -0.203. The van der Waals surface area contributed by atoms with Crippen molar-refractivity contribution in [2.45, 2.75) is 6.54 Å². The van der Waals surface area contributed by atoms with Gasteiger partial charge >= 0.3 is 0 Å². The summed E-state index contributed by atoms with van der Waals surface area (Å²) in [5, 5.41) is 13.2. The first-order valence-electron chi connectivity index (χ1n) is 4.62. The number of hydrogen-bond donors (Lipinski definition) is 2. The Labute approximate surface area is 100 Å². The van der Waals surface area contributed by atoms with Crippen molar-refractivity contribution in [1.29, 1.82) is 0 Å². The summed E-state index contributed by atoms with van der Waals surface area (Å²) in [5.74, 6) is -0.203. The van der Waals surface area contributed by atoms with Gasteiger partial charge in [-0.05, 0) is 22.0 Å². The number of carbonyl (C=O) groups excluding carboxylic acids is 1. The maximum Gasteiger partial charge on any atom is 0.270 e. The molecule has 0 saturated heterocycles. The molecule has 2 heterocycles. The first-order chi connectivity index (χ1) is 7.68. The minimum absolute atomic E-state index is 0.203. The van der Waals surface area contributed by atoms with E-state index in [0.717, 1.165) is 5.69 Å². The van der Waals surface area contributed by atoms with E-state index < -0.39 is 0 Å². The van der Waals surface area contributed by atoms with Crippen LogP contribution in [-0.2, 0) is 13.6 Å². The van der Waals surface area contributed by atoms with E-state index in [0.29, 0.717) is 16.7 Å². The monoisotopic (exact) mass is 283 g/mol. The second-order valence-electron chi connectivity index (χ2n) is 3.22. The number of H-pyrrole nitrogens is 1. The SMILES string of the molecule is Cn1nccc1CNC(=O)c1[nH]ncc1Br. The van der Waals surface area contributed by atoms with Crippen LogP contribution >= 0.6 is 15.9 Å². The van der Waals surface area contributed by atoms with Crippen molar-refractivity contribution in [3.05, 3.63) is 34.3 Å². The lowest BCUT2D eigenvalue weighted by atomic mass is 10.3. The smallest absolute Gasteiger partial charge is 0.270 e. The van der Waals surface area contributed by atoms with Gasteiger partial charge in [-0.1, -0.05) is 0 Å². The lowest BCUT2D eigenvalue weighted by Crippen LogP contribution is -2.24. The van der Waals surface area contributed by atoms with E-state index in [9.17, 15) is 4.79 Å². The second kappa shape index (κ2) is 4.48. The molecular weight excluding hydrogens is 274 g/mol. The Morgan fingerprint density at radius 1 is 1.69 bits per heavy atom. The molecule has 84 valence electrons. The Balaban J connectivity index is 1.99. The molecule has 16 heavy (non-hydrogen) atoms. The van der Waals surface area contributed by atoms with Crippen molar-refractivity contribution in [1.82, 2.24) is 25.3 Å². The van der Waals surface area contributed by atoms with Gasteiger partial charge in [0.15, 0.2) is 0 Å². The molecule has 2 aromatic heterocycles. The zero-order valence-electron chi connectivity index (χ0n) is 8.57. The van der Waals surface area contributed by atoms with E-state index >= 15 is 0 Å². The van der Waals surface area contributed by atoms with Crippen LogP contribution in [0.15, 0.2) is 22.9 Å². The highest BCUT2D eigenvalue weighted by atomic mass is 79.9. The molecule has 2 N–H and O–H groups in total. The molecule has 0 spiro atoms. The highest BCUT2D eigenvalue weighted by Gasteiger charge is 2.11. The van der Waals surface area contributed by atoms with Crippen LogP contribution < -0.4 is 5.32 Å². The molecule has 0 aliphatic rings. The molecule has 0 aliphatic heterocycles. The van der Waals surface area contributed by atoms with Crippen molar-refractivity contribution in [3.8, 4) is 0 Å². The Kier molecular flexibility index (Phi) is 3.04. The van der Waals surface area contributed by atoms with Gasteiger partial charge in [0.2, 0.25) is 0 Å². The molecule has 0 bridgehead atoms. The number of halogens is 1. The summed E-state index contributed by atoms with van der Waals surface area (Å²) < 4.78 is 2.36. The first-order valence-corrected chi connectivity index (χ1v) is 5.41. The summed E-state index contributed by atoms with van der Waals surface area (Å²) in [6.45, 7) is 0.431. The van der Waals surface area contributed by atoms with Crippen LogP contribution in [-0.4, -0.2) is 25.9 Å². The van der Waals surface area contributed by atoms with E-state index in [1.54, 1.807) is 17.1 Å². The summed E-state index contributed by atoms with van der Waals surface area (Å²) in [6.07, 6.45) is 3.23. The van der Waals surface area contributed by atoms with Gasteiger partial charge in [0, 0.05) is 13.2 Å². The highest BCUT2D eigenvalue weighted by molar-refractivity contribution is 9.10. The number of nitrogens with zero attached hydrogens (tertiary/aromatic N) is 3. The van der Waals surface area contributed by atoms with Crippen molar-refractivity contribution < 1.29 is 4.79 Å². The third kappa shape index (κ3) is 2.13. The van der Waals surface area contributed by atoms with Crippen LogP contribution in [0.5, 0.6) is 0 Å². The number of rotatable bonds is 3. The van der Waals surface area contributed by atoms with Gasteiger partial charge < -0.3 is 5.32 Å². The lowest BCUT2D eigenvalue weighted by Gasteiger charge is -2.04. The third-order valence-corrected chi connectivity index (χ3v) is 2.77. The number of carbonyl (C=O) groups is 1. The molecule has 7 heteroatoms. The van der Waals surface area contributed by atoms with Gasteiger partial charge in [0.05, 0.1) is 22.9 Å². The molecule has 0 saturated carbocycles. The topological polar surface area (TPSA) is 75.6 Å². The number of aromatic amines is 1. The molecule has 2 aromatic rings. The van der Waals surface area contributed by atoms with Gasteiger partial charge in [-0.3, -0.25) is 14.6 Å². The molecule has 6 nitrogen and oxygen atoms in total. The van der Waals surface area contributed by atoms with Crippen LogP contribution in [0.1, 0.15) is 16.2 Å². The number of aromatic nitrogens is 4. The van der Waals surface area contributed by atoms with Crippen LogP contribution in [0.2, 0.25) is 0 Å². The lowest BCUT2D eigenvalue weighted by molar-refractivity contribution is 0.0944. The zero-order chi connectivity index (χ0) is 11.5. The number of hydrogen-bond acceptors (Lipinski definition) is 3. The van der Waals surface area contributed by atoms with E-state index in [2.05, 4.69) is 36.5 Å². The fourth-order valence-corrected chi connectivity index (χ4v) is 1.64. The van der Waals surface area contributed by atoms with E-state index in [4.69, 9.17) is 0 Å². The van der Waals surface area contributed by atoms with Crippen LogP contribution in [0.4, 0.5) is 0 Å². The van der Waals surface area contributed by atoms with E-state index in [1.807, 2.05) is 13.1 Å². The van der Waals surface area contributed by atoms with Crippen LogP contribution in [0.25, 0.3) is 0 Å². The van der Waals surface area contributed by atoms with Crippen LogP contribution in [0, 0.1) is 0 Å². The standard InChI is InChI=1S/C9H10BrN5O/c1-15-6(2-3-13-15)4-11-9(16)8-7(10)5-12-14-8/h2-3,5H,4H2,1H3,(H,11,16)(H,12,14). The van der Waals surface area contributed by atoms with Crippen molar-refractivity contribution in [2.24, 2.45) is 7.05 Å². The zero-order valence-corrected chi connectivity index (χ0v) is 10.2. The average Bonchev–Trinajstić information content (AvgIpc) is 2.84. The second-order valence-corrected chi connectivity index (χ2v) is 4.08. The normalized spacial score (nSPS) is 10.4. The predicted molar refractivity (Wildman–Crippen MR) is 60.7 cm³/mol. The predicted octanol–water partition coefficient (Wildman–Crippen LogP) is 0.836. The maximum absolute atomic E-state index is 11.7. The molecule has 2 rings (SSSR count). The van der Waals surface area contributed by atoms with Gasteiger partial charge in [-0.15, -0.1) is 0 Å². The molecule has 0 aromatic carbocycles. The fraction of sp³-hybridized carbons (Fsp3) is 0.222. The minimum Gasteiger partial charge on any atom is -0.345 e. The van der Waals surface area contributed by atoms with Gasteiger partial charge in [0.25, 0.3) is 5.91 Å². The number of amides is 1. The van der Waals surface area contributed by atoms with Crippen molar-refractivity contribution in [3.63, 3.8) is 0 Å². The van der Waals surface area contributed by atoms with Gasteiger partial charge in [0.1, 0.15) is 5.69 Å². The molecule has 1 amide bonds. The Morgan fingerprint density at radius 2 is 2.50 bits per heavy atom. The van der Waals surface area contributed by atoms with Gasteiger partial charge in [-0.2, -0.15) is 10.2 Å². The largest absolute Gasteiger partial charge is 0.345 e. The van der Waals surface area contributed by atoms with Crippen molar-refractivity contribution in [2.75, 3.05) is 0 Å². The molecule has 0 atom stereocenters. The summed E-state index contributed by atoms with van der Waals surface area (Å²) in [4.78, 5) is 11.7. The van der Waals surface area contributed by atoms with Crippen LogP contribution in [0.3, 0.4) is 0 Å². The van der Waals surface area contributed by atoms with Crippen molar-refractivity contribution >= 4 is 21.8 Å². The average molecular weight is 284 g/mol. The fourth-order valence-electron chi connectivity index (χ4n) is 1.26. The molecule has 0 aliphatic carbocycles. The highest BCUT2D eigenvalue weighted by Crippen LogP contribution is 2.12. The Morgan fingerprint density at radius 3 is 3.06 bits per heavy atom. The Bertz CT molecular complexity index is 503.